The third kappa shape index (κ3) is 3.75. The molecule has 0 atom stereocenters. The van der Waals surface area contributed by atoms with Crippen LogP contribution in [0.5, 0.6) is 0 Å². The fourth-order valence-corrected chi connectivity index (χ4v) is 4.39. The van der Waals surface area contributed by atoms with E-state index in [1.54, 1.807) is 6.92 Å². The van der Waals surface area contributed by atoms with E-state index < -0.39 is 0 Å². The van der Waals surface area contributed by atoms with Crippen molar-refractivity contribution < 1.29 is 9.21 Å². The van der Waals surface area contributed by atoms with E-state index in [4.69, 9.17) is 4.42 Å². The van der Waals surface area contributed by atoms with Crippen LogP contribution < -0.4 is 4.90 Å². The van der Waals surface area contributed by atoms with Crippen molar-refractivity contribution >= 4 is 22.5 Å². The van der Waals surface area contributed by atoms with Crippen molar-refractivity contribution in [2.45, 2.75) is 27.3 Å². The van der Waals surface area contributed by atoms with Gasteiger partial charge in [-0.25, -0.2) is 0 Å². The highest BCUT2D eigenvalue weighted by atomic mass is 16.4. The molecule has 0 aliphatic carbocycles. The standard InChI is InChI=1S/C25H27N5O2/c1-17-5-4-6-22(18(17)2)28-11-13-29(14-12-28)24(31)16-30-10-9-20-7-8-21(15-23(20)30)25-27-26-19(3)32-25/h4-10,15H,11-14,16H2,1-3H3. The van der Waals surface area contributed by atoms with Crippen LogP contribution in [0.4, 0.5) is 5.69 Å². The van der Waals surface area contributed by atoms with Gasteiger partial charge >= 0.3 is 0 Å². The smallest absolute Gasteiger partial charge is 0.247 e. The summed E-state index contributed by atoms with van der Waals surface area (Å²) in [5.74, 6) is 1.17. The molecule has 0 spiro atoms. The summed E-state index contributed by atoms with van der Waals surface area (Å²) in [5, 5.41) is 9.10. The molecule has 1 saturated heterocycles. The molecule has 5 rings (SSSR count). The van der Waals surface area contributed by atoms with Crippen molar-refractivity contribution in [1.29, 1.82) is 0 Å². The maximum Gasteiger partial charge on any atom is 0.247 e. The second kappa shape index (κ2) is 8.15. The summed E-state index contributed by atoms with van der Waals surface area (Å²) < 4.78 is 7.56. The van der Waals surface area contributed by atoms with Crippen molar-refractivity contribution in [1.82, 2.24) is 19.7 Å². The van der Waals surface area contributed by atoms with E-state index >= 15 is 0 Å². The molecule has 1 fully saturated rings. The number of anilines is 1. The Morgan fingerprint density at radius 3 is 2.56 bits per heavy atom. The summed E-state index contributed by atoms with van der Waals surface area (Å²) in [6, 6.07) is 14.5. The first-order chi connectivity index (χ1) is 15.5. The molecule has 2 aromatic heterocycles. The van der Waals surface area contributed by atoms with Crippen LogP contribution in [-0.4, -0.2) is 51.8 Å². The third-order valence-electron chi connectivity index (χ3n) is 6.40. The molecule has 0 N–H and O–H groups in total. The minimum atomic E-state index is 0.141. The molecule has 3 heterocycles. The lowest BCUT2D eigenvalue weighted by Crippen LogP contribution is -2.49. The highest BCUT2D eigenvalue weighted by Gasteiger charge is 2.23. The maximum atomic E-state index is 13.1. The average Bonchev–Trinajstić information content (AvgIpc) is 3.41. The summed E-state index contributed by atoms with van der Waals surface area (Å²) in [6.07, 6.45) is 1.97. The second-order valence-corrected chi connectivity index (χ2v) is 8.43. The molecule has 164 valence electrons. The van der Waals surface area contributed by atoms with Crippen LogP contribution >= 0.6 is 0 Å². The maximum absolute atomic E-state index is 13.1. The number of aryl methyl sites for hydroxylation is 2. The van der Waals surface area contributed by atoms with Gasteiger partial charge in [0.15, 0.2) is 0 Å². The summed E-state index contributed by atoms with van der Waals surface area (Å²) in [5.41, 5.74) is 5.74. The normalized spacial score (nSPS) is 14.3. The predicted octanol–water partition coefficient (Wildman–Crippen LogP) is 3.97. The van der Waals surface area contributed by atoms with Gasteiger partial charge in [0, 0.05) is 56.1 Å². The number of piperazine rings is 1. The molecule has 1 aliphatic heterocycles. The summed E-state index contributed by atoms with van der Waals surface area (Å²) in [7, 11) is 0. The first-order valence-electron chi connectivity index (χ1n) is 11.0. The van der Waals surface area contributed by atoms with Crippen molar-refractivity contribution in [2.24, 2.45) is 0 Å². The number of aromatic nitrogens is 3. The number of hydrogen-bond acceptors (Lipinski definition) is 5. The molecular formula is C25H27N5O2. The molecule has 0 bridgehead atoms. The number of carbonyl (C=O) groups is 1. The molecular weight excluding hydrogens is 402 g/mol. The van der Waals surface area contributed by atoms with Gasteiger partial charge in [-0.2, -0.15) is 0 Å². The Morgan fingerprint density at radius 2 is 1.81 bits per heavy atom. The van der Waals surface area contributed by atoms with Gasteiger partial charge in [-0.05, 0) is 54.6 Å². The van der Waals surface area contributed by atoms with E-state index in [1.807, 2.05) is 39.9 Å². The van der Waals surface area contributed by atoms with Gasteiger partial charge in [0.2, 0.25) is 17.7 Å². The summed E-state index contributed by atoms with van der Waals surface area (Å²) in [4.78, 5) is 17.4. The first-order valence-corrected chi connectivity index (χ1v) is 11.0. The number of carbonyl (C=O) groups excluding carboxylic acids is 1. The molecule has 1 amide bonds. The van der Waals surface area contributed by atoms with Gasteiger partial charge in [-0.15, -0.1) is 10.2 Å². The van der Waals surface area contributed by atoms with Crippen LogP contribution in [-0.2, 0) is 11.3 Å². The molecule has 0 unspecified atom stereocenters. The van der Waals surface area contributed by atoms with Crippen LogP contribution in [0.25, 0.3) is 22.4 Å². The largest absolute Gasteiger partial charge is 0.421 e. The Hall–Kier alpha value is -3.61. The van der Waals surface area contributed by atoms with E-state index in [1.165, 1.54) is 16.8 Å². The highest BCUT2D eigenvalue weighted by molar-refractivity contribution is 5.86. The summed E-state index contributed by atoms with van der Waals surface area (Å²) >= 11 is 0. The van der Waals surface area contributed by atoms with Crippen molar-refractivity contribution in [3.63, 3.8) is 0 Å². The van der Waals surface area contributed by atoms with Gasteiger partial charge in [-0.3, -0.25) is 4.79 Å². The monoisotopic (exact) mass is 429 g/mol. The van der Waals surface area contributed by atoms with Crippen LogP contribution in [0.3, 0.4) is 0 Å². The van der Waals surface area contributed by atoms with Gasteiger partial charge in [0.25, 0.3) is 0 Å². The van der Waals surface area contributed by atoms with E-state index in [9.17, 15) is 4.79 Å². The van der Waals surface area contributed by atoms with Crippen LogP contribution in [0.2, 0.25) is 0 Å². The van der Waals surface area contributed by atoms with E-state index in [-0.39, 0.29) is 5.91 Å². The number of fused-ring (bicyclic) bond motifs is 1. The van der Waals surface area contributed by atoms with Crippen LogP contribution in [0.15, 0.2) is 53.1 Å². The molecule has 32 heavy (non-hydrogen) atoms. The molecule has 7 nitrogen and oxygen atoms in total. The lowest BCUT2D eigenvalue weighted by Gasteiger charge is -2.37. The highest BCUT2D eigenvalue weighted by Crippen LogP contribution is 2.26. The van der Waals surface area contributed by atoms with Crippen LogP contribution in [0, 0.1) is 20.8 Å². The summed E-state index contributed by atoms with van der Waals surface area (Å²) in [6.45, 7) is 9.58. The lowest BCUT2D eigenvalue weighted by molar-refractivity contribution is -0.132. The zero-order valence-electron chi connectivity index (χ0n) is 18.7. The fourth-order valence-electron chi connectivity index (χ4n) is 4.39. The number of benzene rings is 2. The Bertz CT molecular complexity index is 1280. The predicted molar refractivity (Wildman–Crippen MR) is 125 cm³/mol. The Labute approximate surface area is 187 Å². The second-order valence-electron chi connectivity index (χ2n) is 8.43. The SMILES string of the molecule is Cc1nnc(-c2ccc3ccn(CC(=O)N4CCN(c5cccc(C)c5C)CC4)c3c2)o1. The Balaban J connectivity index is 1.29. The van der Waals surface area contributed by atoms with Crippen LogP contribution in [0.1, 0.15) is 17.0 Å². The number of nitrogens with zero attached hydrogens (tertiary/aromatic N) is 5. The van der Waals surface area contributed by atoms with Gasteiger partial charge in [0.05, 0.1) is 0 Å². The number of amides is 1. The Morgan fingerprint density at radius 1 is 1.00 bits per heavy atom. The molecule has 4 aromatic rings. The minimum Gasteiger partial charge on any atom is -0.421 e. The minimum absolute atomic E-state index is 0.141. The van der Waals surface area contributed by atoms with E-state index in [0.717, 1.165) is 42.6 Å². The Kier molecular flexibility index (Phi) is 5.17. The van der Waals surface area contributed by atoms with Gasteiger partial charge in [-0.1, -0.05) is 18.2 Å². The fraction of sp³-hybridized carbons (Fsp3) is 0.320. The molecule has 7 heteroatoms. The topological polar surface area (TPSA) is 67.4 Å². The third-order valence-corrected chi connectivity index (χ3v) is 6.40. The quantitative estimate of drug-likeness (QED) is 0.491. The van der Waals surface area contributed by atoms with Crippen molar-refractivity contribution in [3.05, 3.63) is 65.7 Å². The lowest BCUT2D eigenvalue weighted by atomic mass is 10.1. The molecule has 2 aromatic carbocycles. The number of hydrogen-bond donors (Lipinski definition) is 0. The molecule has 0 radical (unpaired) electrons. The molecule has 0 saturated carbocycles. The van der Waals surface area contributed by atoms with Crippen molar-refractivity contribution in [3.8, 4) is 11.5 Å². The average molecular weight is 430 g/mol. The van der Waals surface area contributed by atoms with E-state index in [0.29, 0.717) is 18.3 Å². The van der Waals surface area contributed by atoms with E-state index in [2.05, 4.69) is 47.1 Å². The molecule has 1 aliphatic rings. The van der Waals surface area contributed by atoms with Gasteiger partial charge in [0.1, 0.15) is 6.54 Å². The number of rotatable bonds is 4. The zero-order valence-corrected chi connectivity index (χ0v) is 18.7. The van der Waals surface area contributed by atoms with Crippen molar-refractivity contribution in [2.75, 3.05) is 31.1 Å². The zero-order chi connectivity index (χ0) is 22.2. The van der Waals surface area contributed by atoms with Gasteiger partial charge < -0.3 is 18.8 Å². The first kappa shape index (κ1) is 20.3.